The summed E-state index contributed by atoms with van der Waals surface area (Å²) < 4.78 is 5.76. The zero-order valence-corrected chi connectivity index (χ0v) is 12.5. The summed E-state index contributed by atoms with van der Waals surface area (Å²) in [7, 11) is 1.78. The Morgan fingerprint density at radius 2 is 1.89 bits per heavy atom. The minimum Gasteiger partial charge on any atom is -0.375 e. The van der Waals surface area contributed by atoms with Gasteiger partial charge >= 0.3 is 0 Å². The smallest absolute Gasteiger partial charge is 0.102 e. The van der Waals surface area contributed by atoms with Gasteiger partial charge < -0.3 is 10.1 Å². The van der Waals surface area contributed by atoms with E-state index in [4.69, 9.17) is 4.74 Å². The lowest BCUT2D eigenvalue weighted by Gasteiger charge is -2.26. The van der Waals surface area contributed by atoms with E-state index in [0.29, 0.717) is 0 Å². The molecule has 3 heteroatoms. The fourth-order valence-corrected chi connectivity index (χ4v) is 3.28. The molecule has 19 heavy (non-hydrogen) atoms. The molecule has 2 rings (SSSR count). The minimum atomic E-state index is 0.0409. The van der Waals surface area contributed by atoms with Crippen LogP contribution in [-0.2, 0) is 4.74 Å². The van der Waals surface area contributed by atoms with Crippen LogP contribution in [0.15, 0.2) is 42.5 Å². The number of ether oxygens (including phenoxy) is 1. The minimum absolute atomic E-state index is 0.0409. The summed E-state index contributed by atoms with van der Waals surface area (Å²) in [4.78, 5) is 2.66. The predicted molar refractivity (Wildman–Crippen MR) is 81.7 cm³/mol. The fourth-order valence-electron chi connectivity index (χ4n) is 2.30. The van der Waals surface area contributed by atoms with Gasteiger partial charge in [-0.05, 0) is 31.2 Å². The lowest BCUT2D eigenvalue weighted by atomic mass is 10.0. The average molecular weight is 275 g/mol. The first-order valence-corrected chi connectivity index (χ1v) is 7.45. The number of likely N-dealkylation sites (N-methyl/N-ethyl adjacent to an activating group) is 1. The van der Waals surface area contributed by atoms with E-state index in [-0.39, 0.29) is 12.1 Å². The monoisotopic (exact) mass is 275 g/mol. The SMILES string of the molecule is CCNC(c1ccc(C)s1)C(OC)c1ccccc1. The Labute approximate surface area is 119 Å². The van der Waals surface area contributed by atoms with Gasteiger partial charge in [-0.2, -0.15) is 0 Å². The van der Waals surface area contributed by atoms with Crippen LogP contribution in [0, 0.1) is 6.92 Å². The highest BCUT2D eigenvalue weighted by atomic mass is 32.1. The van der Waals surface area contributed by atoms with Crippen LogP contribution >= 0.6 is 11.3 Å². The Morgan fingerprint density at radius 3 is 2.42 bits per heavy atom. The fraction of sp³-hybridized carbons (Fsp3) is 0.375. The van der Waals surface area contributed by atoms with E-state index < -0.39 is 0 Å². The zero-order chi connectivity index (χ0) is 13.7. The molecule has 0 aliphatic heterocycles. The summed E-state index contributed by atoms with van der Waals surface area (Å²) in [5.74, 6) is 0. The molecule has 102 valence electrons. The number of hydrogen-bond acceptors (Lipinski definition) is 3. The van der Waals surface area contributed by atoms with E-state index in [2.05, 4.69) is 55.6 Å². The van der Waals surface area contributed by atoms with Gasteiger partial charge in [-0.3, -0.25) is 0 Å². The third kappa shape index (κ3) is 3.44. The molecule has 0 bridgehead atoms. The average Bonchev–Trinajstić information content (AvgIpc) is 2.86. The second kappa shape index (κ2) is 6.85. The Kier molecular flexibility index (Phi) is 5.14. The van der Waals surface area contributed by atoms with Gasteiger partial charge in [0.15, 0.2) is 0 Å². The van der Waals surface area contributed by atoms with Gasteiger partial charge in [-0.1, -0.05) is 37.3 Å². The maximum absolute atomic E-state index is 5.76. The maximum atomic E-state index is 5.76. The third-order valence-electron chi connectivity index (χ3n) is 3.18. The van der Waals surface area contributed by atoms with Gasteiger partial charge in [-0.25, -0.2) is 0 Å². The molecule has 1 N–H and O–H groups in total. The molecule has 0 fully saturated rings. The molecule has 0 saturated carbocycles. The first-order valence-electron chi connectivity index (χ1n) is 6.63. The van der Waals surface area contributed by atoms with Crippen molar-refractivity contribution in [2.45, 2.75) is 26.0 Å². The van der Waals surface area contributed by atoms with Crippen molar-refractivity contribution in [1.82, 2.24) is 5.32 Å². The summed E-state index contributed by atoms with van der Waals surface area (Å²) in [6, 6.07) is 15.0. The number of hydrogen-bond donors (Lipinski definition) is 1. The highest BCUT2D eigenvalue weighted by Crippen LogP contribution is 2.34. The molecule has 1 aromatic carbocycles. The molecule has 2 atom stereocenters. The molecule has 2 aromatic rings. The first kappa shape index (κ1) is 14.3. The van der Waals surface area contributed by atoms with Gasteiger partial charge in [0.25, 0.3) is 0 Å². The zero-order valence-electron chi connectivity index (χ0n) is 11.7. The van der Waals surface area contributed by atoms with Crippen LogP contribution in [0.3, 0.4) is 0 Å². The summed E-state index contributed by atoms with van der Waals surface area (Å²) in [5, 5.41) is 3.55. The quantitative estimate of drug-likeness (QED) is 0.857. The standard InChI is InChI=1S/C16H21NOS/c1-4-17-15(14-11-10-12(2)19-14)16(18-3)13-8-6-5-7-9-13/h5-11,15-17H,4H2,1-3H3. The molecular weight excluding hydrogens is 254 g/mol. The van der Waals surface area contributed by atoms with Gasteiger partial charge in [0, 0.05) is 16.9 Å². The Balaban J connectivity index is 2.31. The molecule has 0 radical (unpaired) electrons. The van der Waals surface area contributed by atoms with Crippen molar-refractivity contribution in [2.24, 2.45) is 0 Å². The van der Waals surface area contributed by atoms with Crippen LogP contribution < -0.4 is 5.32 Å². The number of nitrogens with one attached hydrogen (secondary N) is 1. The van der Waals surface area contributed by atoms with Crippen LogP contribution in [0.2, 0.25) is 0 Å². The van der Waals surface area contributed by atoms with Crippen LogP contribution in [0.1, 0.15) is 34.4 Å². The molecular formula is C16H21NOS. The molecule has 2 unspecified atom stereocenters. The number of thiophene rings is 1. The molecule has 0 aliphatic carbocycles. The van der Waals surface area contributed by atoms with E-state index in [1.807, 2.05) is 17.4 Å². The van der Waals surface area contributed by atoms with Crippen molar-refractivity contribution in [3.8, 4) is 0 Å². The summed E-state index contributed by atoms with van der Waals surface area (Å²) in [6.07, 6.45) is 0.0409. The van der Waals surface area contributed by atoms with Crippen LogP contribution in [0.5, 0.6) is 0 Å². The highest BCUT2D eigenvalue weighted by molar-refractivity contribution is 7.12. The highest BCUT2D eigenvalue weighted by Gasteiger charge is 2.24. The van der Waals surface area contributed by atoms with Gasteiger partial charge in [-0.15, -0.1) is 11.3 Å². The van der Waals surface area contributed by atoms with Crippen molar-refractivity contribution in [3.05, 3.63) is 57.8 Å². The van der Waals surface area contributed by atoms with Crippen LogP contribution in [0.4, 0.5) is 0 Å². The first-order chi connectivity index (χ1) is 9.26. The number of rotatable bonds is 6. The van der Waals surface area contributed by atoms with E-state index in [1.165, 1.54) is 15.3 Å². The van der Waals surface area contributed by atoms with Crippen molar-refractivity contribution < 1.29 is 4.74 Å². The van der Waals surface area contributed by atoms with E-state index in [1.54, 1.807) is 7.11 Å². The Morgan fingerprint density at radius 1 is 1.16 bits per heavy atom. The molecule has 0 aliphatic rings. The molecule has 0 amide bonds. The summed E-state index contributed by atoms with van der Waals surface area (Å²) >= 11 is 1.83. The largest absolute Gasteiger partial charge is 0.375 e. The second-order valence-corrected chi connectivity index (χ2v) is 5.87. The topological polar surface area (TPSA) is 21.3 Å². The lowest BCUT2D eigenvalue weighted by Crippen LogP contribution is -2.27. The van der Waals surface area contributed by atoms with Gasteiger partial charge in [0.1, 0.15) is 6.10 Å². The van der Waals surface area contributed by atoms with Crippen molar-refractivity contribution >= 4 is 11.3 Å². The Hall–Kier alpha value is -1.16. The van der Waals surface area contributed by atoms with E-state index in [0.717, 1.165) is 6.54 Å². The van der Waals surface area contributed by atoms with E-state index >= 15 is 0 Å². The normalized spacial score (nSPS) is 14.3. The van der Waals surface area contributed by atoms with Crippen molar-refractivity contribution in [3.63, 3.8) is 0 Å². The summed E-state index contributed by atoms with van der Waals surface area (Å²) in [5.41, 5.74) is 1.21. The molecule has 0 spiro atoms. The maximum Gasteiger partial charge on any atom is 0.102 e. The van der Waals surface area contributed by atoms with Crippen LogP contribution in [-0.4, -0.2) is 13.7 Å². The lowest BCUT2D eigenvalue weighted by molar-refractivity contribution is 0.0692. The molecule has 1 aromatic heterocycles. The van der Waals surface area contributed by atoms with Crippen LogP contribution in [0.25, 0.3) is 0 Å². The van der Waals surface area contributed by atoms with Crippen molar-refractivity contribution in [1.29, 1.82) is 0 Å². The molecule has 2 nitrogen and oxygen atoms in total. The summed E-state index contributed by atoms with van der Waals surface area (Å²) in [6.45, 7) is 5.20. The molecule has 1 heterocycles. The number of aryl methyl sites for hydroxylation is 1. The Bertz CT molecular complexity index is 494. The third-order valence-corrected chi connectivity index (χ3v) is 4.26. The number of benzene rings is 1. The van der Waals surface area contributed by atoms with E-state index in [9.17, 15) is 0 Å². The number of methoxy groups -OCH3 is 1. The second-order valence-electron chi connectivity index (χ2n) is 4.55. The van der Waals surface area contributed by atoms with Gasteiger partial charge in [0.2, 0.25) is 0 Å². The van der Waals surface area contributed by atoms with Gasteiger partial charge in [0.05, 0.1) is 6.04 Å². The molecule has 0 saturated heterocycles. The van der Waals surface area contributed by atoms with Crippen molar-refractivity contribution in [2.75, 3.05) is 13.7 Å². The predicted octanol–water partition coefficient (Wildman–Crippen LogP) is 4.09.